The van der Waals surface area contributed by atoms with E-state index < -0.39 is 29.8 Å². The Morgan fingerprint density at radius 2 is 1.63 bits per heavy atom. The summed E-state index contributed by atoms with van der Waals surface area (Å²) in [5.41, 5.74) is 4.86. The van der Waals surface area contributed by atoms with Crippen molar-refractivity contribution in [3.8, 4) is 0 Å². The third-order valence-electron chi connectivity index (χ3n) is 4.05. The molecule has 2 rings (SSSR count). The molecule has 0 bridgehead atoms. The molecule has 0 atom stereocenters. The average molecular weight is 438 g/mol. The second-order valence-electron chi connectivity index (χ2n) is 5.53. The molecule has 0 saturated carbocycles. The maximum atomic E-state index is 2.63. The molecule has 0 radical (unpaired) electrons. The Morgan fingerprint density at radius 3 is 2.00 bits per heavy atom. The summed E-state index contributed by atoms with van der Waals surface area (Å²) in [7, 11) is -0.973. The molecular weight excluding hydrogens is 415 g/mol. The molecule has 0 N–H and O–H groups in total. The Labute approximate surface area is 140 Å². The number of hydrogen-bond donors (Lipinski definition) is 0. The van der Waals surface area contributed by atoms with E-state index in [1.807, 2.05) is 6.56 Å². The van der Waals surface area contributed by atoms with Crippen LogP contribution in [0.15, 0.2) is 41.5 Å². The van der Waals surface area contributed by atoms with Crippen LogP contribution in [0.2, 0.25) is 11.5 Å². The van der Waals surface area contributed by atoms with Gasteiger partial charge in [0.1, 0.15) is 0 Å². The smallest absolute Gasteiger partial charge is 1.00 e. The summed E-state index contributed by atoms with van der Waals surface area (Å²) in [5, 5.41) is 0. The maximum Gasteiger partial charge on any atom is -1.00 e. The molecule has 0 saturated heterocycles. The first kappa shape index (κ1) is 20.0. The second-order valence-corrected chi connectivity index (χ2v) is 37.3. The summed E-state index contributed by atoms with van der Waals surface area (Å²) < 4.78 is 3.87. The quantitative estimate of drug-likeness (QED) is 0.469. The van der Waals surface area contributed by atoms with Crippen molar-refractivity contribution in [1.82, 2.24) is 0 Å². The van der Waals surface area contributed by atoms with Crippen molar-refractivity contribution >= 4 is 10.6 Å². The topological polar surface area (TPSA) is 0 Å². The van der Waals surface area contributed by atoms with Crippen LogP contribution in [0.3, 0.4) is 0 Å². The Kier molecular flexibility index (Phi) is 8.85. The largest absolute Gasteiger partial charge is 1.00 e. The van der Waals surface area contributed by atoms with Crippen LogP contribution in [-0.4, -0.2) is 10.6 Å². The van der Waals surface area contributed by atoms with E-state index in [0.717, 1.165) is 0 Å². The van der Waals surface area contributed by atoms with E-state index in [1.54, 1.807) is 16.7 Å². The molecule has 2 aliphatic carbocycles. The standard InChI is InChI=1S/C7H9.C6H7.C2H7Ge.2ClH.Zr/c1-6-4-3-5-7(6)2;1-6-4-2-3-5-6;1-3-2;;;/h4H,3H2,1-2H3;2,4H,3H2,1H3;3H,1-2H3;2*1H;/q;;;;;+2/p-2. The maximum absolute atomic E-state index is 2.63. The van der Waals surface area contributed by atoms with E-state index in [-0.39, 0.29) is 24.8 Å². The van der Waals surface area contributed by atoms with Crippen molar-refractivity contribution in [2.24, 2.45) is 0 Å². The molecule has 4 heteroatoms. The zero-order chi connectivity index (χ0) is 12.6. The van der Waals surface area contributed by atoms with E-state index in [1.165, 1.54) is 12.8 Å². The van der Waals surface area contributed by atoms with Crippen molar-refractivity contribution in [1.29, 1.82) is 0 Å². The Bertz CT molecular complexity index is 459. The normalized spacial score (nSPS) is 17.7. The van der Waals surface area contributed by atoms with Gasteiger partial charge in [0.15, 0.2) is 0 Å². The van der Waals surface area contributed by atoms with Gasteiger partial charge in [0.2, 0.25) is 0 Å². The average Bonchev–Trinajstić information content (AvgIpc) is 2.80. The zero-order valence-electron chi connectivity index (χ0n) is 12.5. The first-order valence-corrected chi connectivity index (χ1v) is 22.5. The summed E-state index contributed by atoms with van der Waals surface area (Å²) >= 11 is -1.39. The van der Waals surface area contributed by atoms with Gasteiger partial charge in [0.05, 0.1) is 0 Å². The Balaban J connectivity index is 0.00000162. The van der Waals surface area contributed by atoms with Gasteiger partial charge in [-0.05, 0) is 0 Å². The van der Waals surface area contributed by atoms with Gasteiger partial charge in [-0.15, -0.1) is 0 Å². The van der Waals surface area contributed by atoms with Gasteiger partial charge in [0, 0.05) is 0 Å². The molecule has 0 aromatic carbocycles. The van der Waals surface area contributed by atoms with Gasteiger partial charge in [0.25, 0.3) is 0 Å². The molecule has 0 nitrogen and oxygen atoms in total. The van der Waals surface area contributed by atoms with E-state index in [4.69, 9.17) is 0 Å². The van der Waals surface area contributed by atoms with Gasteiger partial charge in [-0.1, -0.05) is 0 Å². The zero-order valence-corrected chi connectivity index (χ0v) is 18.9. The van der Waals surface area contributed by atoms with Crippen LogP contribution in [0.25, 0.3) is 0 Å². The first-order chi connectivity index (χ1) is 8.02. The Morgan fingerprint density at radius 1 is 1.00 bits per heavy atom. The van der Waals surface area contributed by atoms with Crippen LogP contribution in [-0.2, 0) is 19.2 Å². The third-order valence-corrected chi connectivity index (χ3v) is 36.0. The minimum absolute atomic E-state index is 0. The van der Waals surface area contributed by atoms with Crippen molar-refractivity contribution in [3.63, 3.8) is 0 Å². The molecule has 0 aromatic rings. The molecule has 0 unspecified atom stereocenters. The molecule has 0 aromatic heterocycles. The minimum Gasteiger partial charge on any atom is -1.00 e. The van der Waals surface area contributed by atoms with Gasteiger partial charge in [-0.2, -0.15) is 0 Å². The molecule has 0 heterocycles. The predicted molar refractivity (Wildman–Crippen MR) is 76.4 cm³/mol. The van der Waals surface area contributed by atoms with Crippen LogP contribution < -0.4 is 24.8 Å². The van der Waals surface area contributed by atoms with Crippen molar-refractivity contribution in [2.45, 2.75) is 45.1 Å². The molecule has 105 valence electrons. The van der Waals surface area contributed by atoms with Crippen LogP contribution in [0.1, 0.15) is 33.6 Å². The molecular formula is C15H23Cl2GeZr. The van der Waals surface area contributed by atoms with Crippen molar-refractivity contribution in [2.75, 3.05) is 0 Å². The third kappa shape index (κ3) is 4.22. The summed E-state index contributed by atoms with van der Waals surface area (Å²) in [6, 6.07) is 0. The van der Waals surface area contributed by atoms with E-state index in [0.29, 0.717) is 0 Å². The molecule has 0 fully saturated rings. The van der Waals surface area contributed by atoms with Gasteiger partial charge >= 0.3 is 116 Å². The predicted octanol–water partition coefficient (Wildman–Crippen LogP) is -1.55. The van der Waals surface area contributed by atoms with Crippen LogP contribution >= 0.6 is 0 Å². The van der Waals surface area contributed by atoms with E-state index in [2.05, 4.69) is 50.5 Å². The minimum atomic E-state index is -1.39. The summed E-state index contributed by atoms with van der Waals surface area (Å²) in [4.78, 5) is 0. The van der Waals surface area contributed by atoms with Gasteiger partial charge in [-0.25, -0.2) is 0 Å². The summed E-state index contributed by atoms with van der Waals surface area (Å²) in [6.45, 7) is 7.01. The van der Waals surface area contributed by atoms with Gasteiger partial charge in [-0.3, -0.25) is 0 Å². The first-order valence-electron chi connectivity index (χ1n) is 6.63. The van der Waals surface area contributed by atoms with Crippen LogP contribution in [0.5, 0.6) is 0 Å². The Hall–Kier alpha value is 0.966. The fraction of sp³-hybridized carbons (Fsp3) is 0.467. The number of hydrogen-bond acceptors (Lipinski definition) is 0. The SMILES string of the molecule is CC1=CC[C]([Zr+2]([C]2=C(C)C=CC2)[GeH]([CH3])[CH3])=C1C.[Cl-].[Cl-]. The molecule has 0 aliphatic heterocycles. The number of allylic oxidation sites excluding steroid dienone is 8. The molecule has 19 heavy (non-hydrogen) atoms. The fourth-order valence-corrected chi connectivity index (χ4v) is 37.3. The molecule has 0 spiro atoms. The number of rotatable bonds is 3. The number of halogens is 2. The summed E-state index contributed by atoms with van der Waals surface area (Å²) in [5.74, 6) is 5.27. The molecule has 2 aliphatic rings. The monoisotopic (exact) mass is 437 g/mol. The van der Waals surface area contributed by atoms with Crippen LogP contribution in [0, 0.1) is 0 Å². The van der Waals surface area contributed by atoms with E-state index in [9.17, 15) is 0 Å². The second kappa shape index (κ2) is 8.42. The van der Waals surface area contributed by atoms with Gasteiger partial charge < -0.3 is 24.8 Å². The van der Waals surface area contributed by atoms with E-state index >= 15 is 0 Å². The van der Waals surface area contributed by atoms with Crippen molar-refractivity contribution in [3.05, 3.63) is 41.5 Å². The van der Waals surface area contributed by atoms with Crippen molar-refractivity contribution < 1.29 is 44.1 Å². The van der Waals surface area contributed by atoms with Crippen LogP contribution in [0.4, 0.5) is 0 Å². The molecule has 0 amide bonds. The summed E-state index contributed by atoms with van der Waals surface area (Å²) in [6.07, 6.45) is 9.81. The fourth-order valence-electron chi connectivity index (χ4n) is 2.93.